The van der Waals surface area contributed by atoms with Gasteiger partial charge in [0.15, 0.2) is 11.6 Å². The van der Waals surface area contributed by atoms with Crippen LogP contribution in [0.15, 0.2) is 23.4 Å². The molecule has 0 bridgehead atoms. The van der Waals surface area contributed by atoms with Crippen molar-refractivity contribution in [2.24, 2.45) is 5.11 Å². The van der Waals surface area contributed by atoms with Gasteiger partial charge in [0.2, 0.25) is 0 Å². The summed E-state index contributed by atoms with van der Waals surface area (Å²) in [5.41, 5.74) is 8.81. The highest BCUT2D eigenvalue weighted by atomic mass is 19.1. The Morgan fingerprint density at radius 1 is 1.26 bits per heavy atom. The molecular formula is C13H13F2N7O. The number of ether oxygens (including phenoxy) is 1. The first kappa shape index (κ1) is 15.2. The molecule has 0 aliphatic carbocycles. The summed E-state index contributed by atoms with van der Waals surface area (Å²) < 4.78 is 35.1. The number of hydrogen-bond acceptors (Lipinski definition) is 5. The second-order valence-electron chi connectivity index (χ2n) is 4.90. The molecule has 1 aliphatic heterocycles. The van der Waals surface area contributed by atoms with Gasteiger partial charge in [-0.1, -0.05) is 10.3 Å². The van der Waals surface area contributed by atoms with Crippen LogP contribution in [0.25, 0.3) is 16.1 Å². The molecule has 0 spiro atoms. The van der Waals surface area contributed by atoms with Gasteiger partial charge in [-0.15, -0.1) is 5.10 Å². The van der Waals surface area contributed by atoms with Crippen molar-refractivity contribution in [3.05, 3.63) is 46.1 Å². The van der Waals surface area contributed by atoms with E-state index in [9.17, 15) is 8.78 Å². The Bertz CT molecular complexity index is 728. The molecule has 3 rings (SSSR count). The summed E-state index contributed by atoms with van der Waals surface area (Å²) in [6, 6.07) is 2.39. The van der Waals surface area contributed by atoms with E-state index in [0.29, 0.717) is 32.0 Å². The SMILES string of the molecule is [N-]=[N+]=NCc1cn(-c2cc(F)c(N3CCOCC3)c(F)c2)nn1. The number of aromatic nitrogens is 3. The highest BCUT2D eigenvalue weighted by Crippen LogP contribution is 2.27. The van der Waals surface area contributed by atoms with Crippen LogP contribution in [0.3, 0.4) is 0 Å². The molecule has 8 nitrogen and oxygen atoms in total. The highest BCUT2D eigenvalue weighted by molar-refractivity contribution is 5.54. The maximum absolute atomic E-state index is 14.3. The van der Waals surface area contributed by atoms with Crippen molar-refractivity contribution in [3.8, 4) is 5.69 Å². The predicted molar refractivity (Wildman–Crippen MR) is 77.2 cm³/mol. The molecule has 1 aromatic carbocycles. The number of nitrogens with zero attached hydrogens (tertiary/aromatic N) is 7. The zero-order chi connectivity index (χ0) is 16.2. The molecule has 23 heavy (non-hydrogen) atoms. The topological polar surface area (TPSA) is 91.9 Å². The summed E-state index contributed by atoms with van der Waals surface area (Å²) >= 11 is 0. The smallest absolute Gasteiger partial charge is 0.151 e. The monoisotopic (exact) mass is 321 g/mol. The molecule has 0 unspecified atom stereocenters. The number of anilines is 1. The van der Waals surface area contributed by atoms with Crippen LogP contribution in [-0.4, -0.2) is 41.3 Å². The van der Waals surface area contributed by atoms with Crippen molar-refractivity contribution in [3.63, 3.8) is 0 Å². The van der Waals surface area contributed by atoms with Crippen LogP contribution in [0.2, 0.25) is 0 Å². The van der Waals surface area contributed by atoms with Crippen LogP contribution in [-0.2, 0) is 11.3 Å². The molecule has 0 atom stereocenters. The summed E-state index contributed by atoms with van der Waals surface area (Å²) in [7, 11) is 0. The number of azide groups is 1. The Kier molecular flexibility index (Phi) is 4.35. The van der Waals surface area contributed by atoms with Crippen molar-refractivity contribution >= 4 is 5.69 Å². The zero-order valence-electron chi connectivity index (χ0n) is 12.1. The number of halogens is 2. The van der Waals surface area contributed by atoms with Gasteiger partial charge in [-0.25, -0.2) is 13.5 Å². The average Bonchev–Trinajstić information content (AvgIpc) is 3.02. The third-order valence-corrected chi connectivity index (χ3v) is 3.43. The summed E-state index contributed by atoms with van der Waals surface area (Å²) in [6.07, 6.45) is 1.46. The summed E-state index contributed by atoms with van der Waals surface area (Å²) in [6.45, 7) is 1.77. The molecule has 120 valence electrons. The molecule has 0 saturated carbocycles. The van der Waals surface area contributed by atoms with Gasteiger partial charge in [-0.3, -0.25) is 0 Å². The Hall–Kier alpha value is -2.71. The normalized spacial score (nSPS) is 14.6. The van der Waals surface area contributed by atoms with E-state index in [1.54, 1.807) is 4.90 Å². The molecular weight excluding hydrogens is 308 g/mol. The average molecular weight is 321 g/mol. The van der Waals surface area contributed by atoms with Gasteiger partial charge in [0, 0.05) is 30.1 Å². The highest BCUT2D eigenvalue weighted by Gasteiger charge is 2.21. The number of rotatable bonds is 4. The van der Waals surface area contributed by atoms with Gasteiger partial charge >= 0.3 is 0 Å². The lowest BCUT2D eigenvalue weighted by Crippen LogP contribution is -2.37. The lowest BCUT2D eigenvalue weighted by atomic mass is 10.2. The number of hydrogen-bond donors (Lipinski definition) is 0. The molecule has 0 N–H and O–H groups in total. The van der Waals surface area contributed by atoms with E-state index in [0.717, 1.165) is 0 Å². The van der Waals surface area contributed by atoms with Crippen LogP contribution in [0.1, 0.15) is 5.69 Å². The molecule has 1 saturated heterocycles. The largest absolute Gasteiger partial charge is 0.378 e. The van der Waals surface area contributed by atoms with Crippen molar-refractivity contribution in [2.75, 3.05) is 31.2 Å². The van der Waals surface area contributed by atoms with Crippen molar-refractivity contribution in [1.82, 2.24) is 15.0 Å². The van der Waals surface area contributed by atoms with E-state index in [2.05, 4.69) is 20.3 Å². The van der Waals surface area contributed by atoms with E-state index >= 15 is 0 Å². The summed E-state index contributed by atoms with van der Waals surface area (Å²) in [5.74, 6) is -1.34. The number of benzene rings is 1. The van der Waals surface area contributed by atoms with E-state index in [1.807, 2.05) is 0 Å². The van der Waals surface area contributed by atoms with Crippen LogP contribution in [0, 0.1) is 11.6 Å². The van der Waals surface area contributed by atoms with Gasteiger partial charge in [0.25, 0.3) is 0 Å². The van der Waals surface area contributed by atoms with E-state index in [-0.39, 0.29) is 17.9 Å². The second-order valence-corrected chi connectivity index (χ2v) is 4.90. The van der Waals surface area contributed by atoms with Crippen LogP contribution < -0.4 is 4.90 Å². The Morgan fingerprint density at radius 2 is 1.96 bits per heavy atom. The maximum Gasteiger partial charge on any atom is 0.151 e. The van der Waals surface area contributed by atoms with Crippen LogP contribution in [0.4, 0.5) is 14.5 Å². The minimum Gasteiger partial charge on any atom is -0.378 e. The van der Waals surface area contributed by atoms with Crippen molar-refractivity contribution in [1.29, 1.82) is 0 Å². The standard InChI is InChI=1S/C13H13F2N7O/c14-11-5-10(22-8-9(18-20-22)7-17-19-16)6-12(15)13(11)21-1-3-23-4-2-21/h5-6,8H,1-4,7H2. The molecule has 1 aromatic heterocycles. The molecule has 2 heterocycles. The molecule has 1 aliphatic rings. The maximum atomic E-state index is 14.3. The molecule has 0 amide bonds. The van der Waals surface area contributed by atoms with Crippen molar-refractivity contribution < 1.29 is 13.5 Å². The van der Waals surface area contributed by atoms with Gasteiger partial charge < -0.3 is 9.64 Å². The molecule has 1 fully saturated rings. The van der Waals surface area contributed by atoms with Gasteiger partial charge in [0.1, 0.15) is 5.69 Å². The first-order valence-corrected chi connectivity index (χ1v) is 6.93. The van der Waals surface area contributed by atoms with Crippen LogP contribution >= 0.6 is 0 Å². The Morgan fingerprint density at radius 3 is 2.61 bits per heavy atom. The van der Waals surface area contributed by atoms with Gasteiger partial charge in [-0.05, 0) is 5.53 Å². The Labute approximate surface area is 129 Å². The number of morpholine rings is 1. The van der Waals surface area contributed by atoms with Gasteiger partial charge in [-0.2, -0.15) is 0 Å². The summed E-state index contributed by atoms with van der Waals surface area (Å²) in [4.78, 5) is 4.23. The van der Waals surface area contributed by atoms with Crippen LogP contribution in [0.5, 0.6) is 0 Å². The fraction of sp³-hybridized carbons (Fsp3) is 0.385. The van der Waals surface area contributed by atoms with Gasteiger partial charge in [0.05, 0.1) is 37.3 Å². The second kappa shape index (κ2) is 6.59. The summed E-state index contributed by atoms with van der Waals surface area (Å²) in [5, 5.41) is 10.9. The zero-order valence-corrected chi connectivity index (χ0v) is 12.1. The fourth-order valence-corrected chi connectivity index (χ4v) is 2.37. The quantitative estimate of drug-likeness (QED) is 0.490. The predicted octanol–water partition coefficient (Wildman–Crippen LogP) is 2.19. The third-order valence-electron chi connectivity index (χ3n) is 3.43. The molecule has 0 radical (unpaired) electrons. The first-order chi connectivity index (χ1) is 11.2. The van der Waals surface area contributed by atoms with E-state index in [1.165, 1.54) is 23.0 Å². The minimum atomic E-state index is -0.672. The van der Waals surface area contributed by atoms with E-state index in [4.69, 9.17) is 10.3 Å². The fourth-order valence-electron chi connectivity index (χ4n) is 2.37. The van der Waals surface area contributed by atoms with Crippen molar-refractivity contribution in [2.45, 2.75) is 6.54 Å². The lowest BCUT2D eigenvalue weighted by molar-refractivity contribution is 0.122. The first-order valence-electron chi connectivity index (χ1n) is 6.93. The van der Waals surface area contributed by atoms with E-state index < -0.39 is 11.6 Å². The molecule has 2 aromatic rings. The Balaban J connectivity index is 1.89. The molecule has 10 heteroatoms. The lowest BCUT2D eigenvalue weighted by Gasteiger charge is -2.29. The third kappa shape index (κ3) is 3.22. The minimum absolute atomic E-state index is 0.0212.